The third-order valence-corrected chi connectivity index (χ3v) is 7.85. The summed E-state index contributed by atoms with van der Waals surface area (Å²) < 4.78 is 2.68. The van der Waals surface area contributed by atoms with E-state index in [4.69, 9.17) is 0 Å². The molecule has 6 aromatic rings. The van der Waals surface area contributed by atoms with Gasteiger partial charge in [0.15, 0.2) is 0 Å². The van der Waals surface area contributed by atoms with Crippen molar-refractivity contribution in [3.63, 3.8) is 0 Å². The molecule has 2 heteroatoms. The van der Waals surface area contributed by atoms with Crippen molar-refractivity contribution in [2.24, 2.45) is 0 Å². The van der Waals surface area contributed by atoms with Crippen LogP contribution in [0, 0.1) is 0 Å². The van der Waals surface area contributed by atoms with Gasteiger partial charge in [-0.05, 0) is 57.3 Å². The van der Waals surface area contributed by atoms with Crippen LogP contribution in [-0.2, 0) is 0 Å². The van der Waals surface area contributed by atoms with Gasteiger partial charge in [0.1, 0.15) is 0 Å². The van der Waals surface area contributed by atoms with Gasteiger partial charge < -0.3 is 0 Å². The van der Waals surface area contributed by atoms with Crippen LogP contribution in [0.25, 0.3) is 52.2 Å². The topological polar surface area (TPSA) is 0 Å². The normalized spacial score (nSPS) is 11.3. The molecule has 0 bridgehead atoms. The molecule has 0 aliphatic rings. The van der Waals surface area contributed by atoms with Gasteiger partial charge in [0, 0.05) is 19.2 Å². The molecule has 0 nitrogen and oxygen atoms in total. The zero-order valence-electron chi connectivity index (χ0n) is 16.2. The summed E-state index contributed by atoms with van der Waals surface area (Å²) in [6.45, 7) is 0. The average molecular weight is 419 g/mol. The van der Waals surface area contributed by atoms with Crippen LogP contribution < -0.4 is 0 Å². The predicted octanol–water partition coefficient (Wildman–Crippen LogP) is 9.12. The van der Waals surface area contributed by atoms with Gasteiger partial charge in [-0.1, -0.05) is 84.9 Å². The van der Waals surface area contributed by atoms with E-state index < -0.39 is 0 Å². The quantitative estimate of drug-likeness (QED) is 0.269. The fourth-order valence-corrected chi connectivity index (χ4v) is 6.04. The minimum Gasteiger partial charge on any atom is -0.135 e. The molecule has 0 spiro atoms. The van der Waals surface area contributed by atoms with Crippen LogP contribution in [-0.4, -0.2) is 0 Å². The monoisotopic (exact) mass is 418 g/mol. The number of benzene rings is 4. The molecule has 0 aliphatic carbocycles. The molecular formula is C28H18S2. The Labute approximate surface area is 183 Å². The Morgan fingerprint density at radius 1 is 0.367 bits per heavy atom. The van der Waals surface area contributed by atoms with Crippen LogP contribution in [0.4, 0.5) is 0 Å². The van der Waals surface area contributed by atoms with Gasteiger partial charge >= 0.3 is 0 Å². The van der Waals surface area contributed by atoms with Gasteiger partial charge in [0.2, 0.25) is 0 Å². The molecule has 2 heterocycles. The van der Waals surface area contributed by atoms with Crippen LogP contribution in [0.1, 0.15) is 0 Å². The molecule has 142 valence electrons. The fourth-order valence-electron chi connectivity index (χ4n) is 3.90. The van der Waals surface area contributed by atoms with Crippen molar-refractivity contribution in [1.29, 1.82) is 0 Å². The summed E-state index contributed by atoms with van der Waals surface area (Å²) in [6.07, 6.45) is 0. The van der Waals surface area contributed by atoms with Crippen molar-refractivity contribution in [3.8, 4) is 32.0 Å². The number of fused-ring (bicyclic) bond motifs is 2. The highest BCUT2D eigenvalue weighted by atomic mass is 32.1. The van der Waals surface area contributed by atoms with Crippen molar-refractivity contribution in [2.75, 3.05) is 0 Å². The number of hydrogen-bond acceptors (Lipinski definition) is 2. The summed E-state index contributed by atoms with van der Waals surface area (Å²) in [5.41, 5.74) is 5.06. The van der Waals surface area contributed by atoms with Crippen LogP contribution in [0.5, 0.6) is 0 Å². The van der Waals surface area contributed by atoms with Gasteiger partial charge in [-0.2, -0.15) is 0 Å². The third-order valence-electron chi connectivity index (χ3n) is 5.52. The van der Waals surface area contributed by atoms with Gasteiger partial charge in [-0.25, -0.2) is 0 Å². The Morgan fingerprint density at radius 2 is 0.733 bits per heavy atom. The molecule has 0 amide bonds. The first-order chi connectivity index (χ1) is 14.8. The standard InChI is InChI=1S/C28H18S2/c1-3-7-25-23(5-1)17-27(29-25)21-13-9-19(10-14-21)20-11-15-22(16-12-20)28-18-24-6-2-4-8-26(24)30-28/h1-18H. The predicted molar refractivity (Wildman–Crippen MR) is 134 cm³/mol. The molecule has 0 saturated carbocycles. The largest absolute Gasteiger partial charge is 0.135 e. The van der Waals surface area contributed by atoms with Crippen LogP contribution >= 0.6 is 22.7 Å². The van der Waals surface area contributed by atoms with Gasteiger partial charge in [0.25, 0.3) is 0 Å². The first-order valence-electron chi connectivity index (χ1n) is 10.0. The summed E-state index contributed by atoms with van der Waals surface area (Å²) in [5.74, 6) is 0. The fraction of sp³-hybridized carbons (Fsp3) is 0. The van der Waals surface area contributed by atoms with Crippen molar-refractivity contribution >= 4 is 42.8 Å². The summed E-state index contributed by atoms with van der Waals surface area (Å²) in [5, 5.41) is 2.64. The van der Waals surface area contributed by atoms with E-state index in [0.717, 1.165) is 0 Å². The lowest BCUT2D eigenvalue weighted by Crippen LogP contribution is -1.79. The van der Waals surface area contributed by atoms with Crippen molar-refractivity contribution in [1.82, 2.24) is 0 Å². The van der Waals surface area contributed by atoms with Crippen molar-refractivity contribution in [3.05, 3.63) is 109 Å². The van der Waals surface area contributed by atoms with Crippen molar-refractivity contribution in [2.45, 2.75) is 0 Å². The second kappa shape index (κ2) is 7.24. The van der Waals surface area contributed by atoms with E-state index in [1.54, 1.807) is 0 Å². The first-order valence-corrected chi connectivity index (χ1v) is 11.7. The zero-order chi connectivity index (χ0) is 19.9. The molecule has 2 aromatic heterocycles. The molecule has 0 saturated heterocycles. The van der Waals surface area contributed by atoms with Crippen LogP contribution in [0.3, 0.4) is 0 Å². The zero-order valence-corrected chi connectivity index (χ0v) is 17.8. The van der Waals surface area contributed by atoms with E-state index in [9.17, 15) is 0 Å². The van der Waals surface area contributed by atoms with Gasteiger partial charge in [-0.3, -0.25) is 0 Å². The molecule has 6 rings (SSSR count). The van der Waals surface area contributed by atoms with E-state index in [1.165, 1.54) is 52.2 Å². The van der Waals surface area contributed by atoms with Crippen LogP contribution in [0.2, 0.25) is 0 Å². The Morgan fingerprint density at radius 3 is 1.13 bits per heavy atom. The molecular weight excluding hydrogens is 400 g/mol. The van der Waals surface area contributed by atoms with E-state index in [-0.39, 0.29) is 0 Å². The Hall–Kier alpha value is -3.20. The lowest BCUT2D eigenvalue weighted by Gasteiger charge is -2.05. The second-order valence-corrected chi connectivity index (χ2v) is 9.62. The molecule has 0 atom stereocenters. The molecule has 0 radical (unpaired) electrons. The highest BCUT2D eigenvalue weighted by Crippen LogP contribution is 2.36. The van der Waals surface area contributed by atoms with E-state index in [0.29, 0.717) is 0 Å². The Balaban J connectivity index is 1.28. The Bertz CT molecular complexity index is 1280. The average Bonchev–Trinajstić information content (AvgIpc) is 3.44. The maximum atomic E-state index is 2.29. The lowest BCUT2D eigenvalue weighted by atomic mass is 10.0. The summed E-state index contributed by atoms with van der Waals surface area (Å²) in [7, 11) is 0. The minimum absolute atomic E-state index is 1.25. The highest BCUT2D eigenvalue weighted by Gasteiger charge is 2.07. The smallest absolute Gasteiger partial charge is 0.0355 e. The number of rotatable bonds is 3. The molecule has 0 fully saturated rings. The van der Waals surface area contributed by atoms with E-state index in [1.807, 2.05) is 22.7 Å². The summed E-state index contributed by atoms with van der Waals surface area (Å²) in [6, 6.07) is 39.6. The number of hydrogen-bond donors (Lipinski definition) is 0. The highest BCUT2D eigenvalue weighted by molar-refractivity contribution is 7.22. The van der Waals surface area contributed by atoms with Crippen LogP contribution in [0.15, 0.2) is 109 Å². The number of thiophene rings is 2. The molecule has 0 N–H and O–H groups in total. The van der Waals surface area contributed by atoms with Crippen molar-refractivity contribution < 1.29 is 0 Å². The maximum Gasteiger partial charge on any atom is 0.0355 e. The lowest BCUT2D eigenvalue weighted by molar-refractivity contribution is 1.62. The maximum absolute atomic E-state index is 2.29. The molecule has 30 heavy (non-hydrogen) atoms. The summed E-state index contributed by atoms with van der Waals surface area (Å²) in [4.78, 5) is 2.64. The second-order valence-electron chi connectivity index (χ2n) is 7.45. The summed E-state index contributed by atoms with van der Waals surface area (Å²) >= 11 is 3.71. The SMILES string of the molecule is c1ccc2sc(-c3ccc(-c4ccc(-c5cc6ccccc6s5)cc4)cc3)cc2c1. The van der Waals surface area contributed by atoms with Gasteiger partial charge in [-0.15, -0.1) is 22.7 Å². The Kier molecular flexibility index (Phi) is 4.26. The minimum atomic E-state index is 1.25. The first kappa shape index (κ1) is 17.6. The molecule has 0 aliphatic heterocycles. The molecule has 4 aromatic carbocycles. The van der Waals surface area contributed by atoms with E-state index >= 15 is 0 Å². The van der Waals surface area contributed by atoms with Gasteiger partial charge in [0.05, 0.1) is 0 Å². The van der Waals surface area contributed by atoms with E-state index in [2.05, 4.69) is 109 Å². The third kappa shape index (κ3) is 3.15. The molecule has 0 unspecified atom stereocenters.